The summed E-state index contributed by atoms with van der Waals surface area (Å²) >= 11 is 0. The van der Waals surface area contributed by atoms with Crippen LogP contribution in [-0.2, 0) is 24.3 Å². The lowest BCUT2D eigenvalue weighted by molar-refractivity contribution is -0.126. The van der Waals surface area contributed by atoms with Gasteiger partial charge in [0.2, 0.25) is 11.8 Å². The van der Waals surface area contributed by atoms with Gasteiger partial charge in [-0.15, -0.1) is 0 Å². The third-order valence-electron chi connectivity index (χ3n) is 4.89. The smallest absolute Gasteiger partial charge is 0.240 e. The molecule has 1 aromatic carbocycles. The number of piperidine rings is 1. The van der Waals surface area contributed by atoms with Crippen molar-refractivity contribution in [3.8, 4) is 0 Å². The first-order valence-electron chi connectivity index (χ1n) is 9.60. The summed E-state index contributed by atoms with van der Waals surface area (Å²) in [6.07, 6.45) is 4.84. The van der Waals surface area contributed by atoms with Gasteiger partial charge in [-0.2, -0.15) is 4.98 Å². The van der Waals surface area contributed by atoms with Crippen LogP contribution < -0.4 is 5.32 Å². The zero-order chi connectivity index (χ0) is 18.2. The van der Waals surface area contributed by atoms with Crippen LogP contribution in [0.25, 0.3) is 0 Å². The van der Waals surface area contributed by atoms with Gasteiger partial charge in [0.1, 0.15) is 0 Å². The predicted molar refractivity (Wildman–Crippen MR) is 99.2 cm³/mol. The van der Waals surface area contributed by atoms with E-state index in [1.807, 2.05) is 30.3 Å². The van der Waals surface area contributed by atoms with Gasteiger partial charge < -0.3 is 9.84 Å². The maximum Gasteiger partial charge on any atom is 0.240 e. The minimum Gasteiger partial charge on any atom is -0.352 e. The Morgan fingerprint density at radius 3 is 2.77 bits per heavy atom. The summed E-state index contributed by atoms with van der Waals surface area (Å²) in [5.74, 6) is 1.74. The van der Waals surface area contributed by atoms with Gasteiger partial charge in [0.15, 0.2) is 5.82 Å². The van der Waals surface area contributed by atoms with E-state index in [0.29, 0.717) is 19.0 Å². The molecular weight excluding hydrogens is 328 g/mol. The Balaban J connectivity index is 1.39. The van der Waals surface area contributed by atoms with Crippen LogP contribution in [0.1, 0.15) is 49.9 Å². The van der Waals surface area contributed by atoms with E-state index in [0.717, 1.165) is 56.6 Å². The second-order valence-corrected chi connectivity index (χ2v) is 6.96. The molecule has 1 aliphatic heterocycles. The minimum atomic E-state index is 0.0952. The lowest BCUT2D eigenvalue weighted by atomic mass is 9.96. The van der Waals surface area contributed by atoms with Crippen LogP contribution in [0.2, 0.25) is 0 Å². The van der Waals surface area contributed by atoms with Crippen molar-refractivity contribution in [1.29, 1.82) is 0 Å². The quantitative estimate of drug-likeness (QED) is 0.787. The average molecular weight is 356 g/mol. The Morgan fingerprint density at radius 2 is 2.04 bits per heavy atom. The first-order chi connectivity index (χ1) is 12.7. The summed E-state index contributed by atoms with van der Waals surface area (Å²) in [4.78, 5) is 19.1. The zero-order valence-electron chi connectivity index (χ0n) is 15.5. The monoisotopic (exact) mass is 356 g/mol. The fourth-order valence-electron chi connectivity index (χ4n) is 3.26. The largest absolute Gasteiger partial charge is 0.352 e. The van der Waals surface area contributed by atoms with Gasteiger partial charge in [0.05, 0.1) is 6.54 Å². The summed E-state index contributed by atoms with van der Waals surface area (Å²) in [5, 5.41) is 7.10. The van der Waals surface area contributed by atoms with E-state index < -0.39 is 0 Å². The first-order valence-corrected chi connectivity index (χ1v) is 9.60. The topological polar surface area (TPSA) is 71.3 Å². The van der Waals surface area contributed by atoms with Gasteiger partial charge in [-0.05, 0) is 37.9 Å². The van der Waals surface area contributed by atoms with Crippen molar-refractivity contribution in [2.24, 2.45) is 5.92 Å². The highest BCUT2D eigenvalue weighted by Gasteiger charge is 2.25. The second-order valence-electron chi connectivity index (χ2n) is 6.96. The normalized spacial score (nSPS) is 15.9. The molecular formula is C20H28N4O2. The summed E-state index contributed by atoms with van der Waals surface area (Å²) in [6.45, 7) is 5.20. The van der Waals surface area contributed by atoms with Gasteiger partial charge in [-0.1, -0.05) is 48.8 Å². The van der Waals surface area contributed by atoms with Crippen LogP contribution in [0.4, 0.5) is 0 Å². The van der Waals surface area contributed by atoms with E-state index >= 15 is 0 Å². The molecule has 0 bridgehead atoms. The minimum absolute atomic E-state index is 0.0952. The molecule has 6 nitrogen and oxygen atoms in total. The summed E-state index contributed by atoms with van der Waals surface area (Å²) in [7, 11) is 0. The maximum absolute atomic E-state index is 12.4. The Labute approximate surface area is 155 Å². The van der Waals surface area contributed by atoms with Crippen molar-refractivity contribution < 1.29 is 9.32 Å². The fourth-order valence-corrected chi connectivity index (χ4v) is 3.26. The number of nitrogens with one attached hydrogen (secondary N) is 1. The Hall–Kier alpha value is -2.21. The molecule has 1 saturated heterocycles. The molecule has 1 N–H and O–H groups in total. The van der Waals surface area contributed by atoms with Crippen molar-refractivity contribution in [1.82, 2.24) is 20.4 Å². The molecule has 0 atom stereocenters. The van der Waals surface area contributed by atoms with Crippen LogP contribution in [0.15, 0.2) is 34.9 Å². The van der Waals surface area contributed by atoms with Gasteiger partial charge in [0.25, 0.3) is 0 Å². The Morgan fingerprint density at radius 1 is 1.27 bits per heavy atom. The molecule has 6 heteroatoms. The van der Waals surface area contributed by atoms with E-state index in [2.05, 4.69) is 27.3 Å². The molecule has 0 aliphatic carbocycles. The van der Waals surface area contributed by atoms with Gasteiger partial charge in [-0.3, -0.25) is 9.69 Å². The van der Waals surface area contributed by atoms with Crippen molar-refractivity contribution in [2.45, 2.75) is 52.1 Å². The molecule has 3 rings (SSSR count). The highest BCUT2D eigenvalue weighted by atomic mass is 16.5. The van der Waals surface area contributed by atoms with Crippen molar-refractivity contribution in [2.75, 3.05) is 13.1 Å². The van der Waals surface area contributed by atoms with Crippen LogP contribution in [0.5, 0.6) is 0 Å². The molecule has 1 fully saturated rings. The van der Waals surface area contributed by atoms with Crippen molar-refractivity contribution in [3.63, 3.8) is 0 Å². The number of hydrogen-bond donors (Lipinski definition) is 1. The molecule has 1 aromatic heterocycles. The maximum atomic E-state index is 12.4. The number of carbonyl (C=O) groups is 1. The third kappa shape index (κ3) is 5.39. The number of likely N-dealkylation sites (tertiary alicyclic amines) is 1. The van der Waals surface area contributed by atoms with E-state index in [1.165, 1.54) is 0 Å². The van der Waals surface area contributed by atoms with Crippen LogP contribution in [-0.4, -0.2) is 34.0 Å². The predicted octanol–water partition coefficient (Wildman–Crippen LogP) is 2.94. The average Bonchev–Trinajstić information content (AvgIpc) is 3.13. The molecule has 2 aromatic rings. The molecule has 0 unspecified atom stereocenters. The Bertz CT molecular complexity index is 678. The number of rotatable bonds is 8. The highest BCUT2D eigenvalue weighted by molar-refractivity contribution is 5.78. The zero-order valence-corrected chi connectivity index (χ0v) is 15.5. The molecule has 140 valence electrons. The van der Waals surface area contributed by atoms with Gasteiger partial charge in [-0.25, -0.2) is 0 Å². The Kier molecular flexibility index (Phi) is 6.77. The number of benzene rings is 1. The van der Waals surface area contributed by atoms with Crippen LogP contribution in [0, 0.1) is 5.92 Å². The van der Waals surface area contributed by atoms with E-state index in [4.69, 9.17) is 4.52 Å². The number of unbranched alkanes of at least 4 members (excludes halogenated alkanes) is 1. The van der Waals surface area contributed by atoms with E-state index in [-0.39, 0.29) is 11.8 Å². The summed E-state index contributed by atoms with van der Waals surface area (Å²) in [5.41, 5.74) is 1.13. The lowest BCUT2D eigenvalue weighted by Gasteiger charge is -2.30. The highest BCUT2D eigenvalue weighted by Crippen LogP contribution is 2.19. The lowest BCUT2D eigenvalue weighted by Crippen LogP contribution is -2.40. The fraction of sp³-hybridized carbons (Fsp3) is 0.550. The first kappa shape index (κ1) is 18.6. The van der Waals surface area contributed by atoms with Gasteiger partial charge >= 0.3 is 0 Å². The molecule has 2 heterocycles. The SMILES string of the molecule is CCCCc1noc(CN2CCC(C(=O)NCc3ccccc3)CC2)n1. The number of aryl methyl sites for hydroxylation is 1. The van der Waals surface area contributed by atoms with Gasteiger partial charge in [0, 0.05) is 18.9 Å². The van der Waals surface area contributed by atoms with Crippen molar-refractivity contribution in [3.05, 3.63) is 47.6 Å². The number of hydrogen-bond acceptors (Lipinski definition) is 5. The van der Waals surface area contributed by atoms with E-state index in [9.17, 15) is 4.79 Å². The van der Waals surface area contributed by atoms with Crippen LogP contribution >= 0.6 is 0 Å². The molecule has 0 radical (unpaired) electrons. The number of aromatic nitrogens is 2. The number of nitrogens with zero attached hydrogens (tertiary/aromatic N) is 3. The standard InChI is InChI=1S/C20H28N4O2/c1-2-3-9-18-22-19(26-23-18)15-24-12-10-17(11-13-24)20(25)21-14-16-7-5-4-6-8-16/h4-8,17H,2-3,9-15H2,1H3,(H,21,25). The number of amides is 1. The molecule has 1 aliphatic rings. The number of carbonyl (C=O) groups excluding carboxylic acids is 1. The van der Waals surface area contributed by atoms with E-state index in [1.54, 1.807) is 0 Å². The van der Waals surface area contributed by atoms with Crippen LogP contribution in [0.3, 0.4) is 0 Å². The molecule has 26 heavy (non-hydrogen) atoms. The second kappa shape index (κ2) is 9.48. The molecule has 1 amide bonds. The third-order valence-corrected chi connectivity index (χ3v) is 4.89. The molecule has 0 spiro atoms. The summed E-state index contributed by atoms with van der Waals surface area (Å²) in [6, 6.07) is 10.0. The molecule has 0 saturated carbocycles. The van der Waals surface area contributed by atoms with Crippen molar-refractivity contribution >= 4 is 5.91 Å². The summed E-state index contributed by atoms with van der Waals surface area (Å²) < 4.78 is 5.34.